The number of rotatable bonds is 3. The smallest absolute Gasteiger partial charge is 0.252 e. The van der Waals surface area contributed by atoms with Gasteiger partial charge in [0.25, 0.3) is 5.91 Å². The summed E-state index contributed by atoms with van der Waals surface area (Å²) in [5, 5.41) is 2.65. The van der Waals surface area contributed by atoms with Crippen LogP contribution in [0.3, 0.4) is 0 Å². The summed E-state index contributed by atoms with van der Waals surface area (Å²) in [4.78, 5) is 12.1. The number of carbonyl (C=O) groups is 1. The molecule has 100 valence electrons. The van der Waals surface area contributed by atoms with Crippen LogP contribution in [0, 0.1) is 0 Å². The van der Waals surface area contributed by atoms with E-state index in [4.69, 9.17) is 39.2 Å². The Morgan fingerprint density at radius 1 is 1.11 bits per heavy atom. The van der Waals surface area contributed by atoms with Crippen molar-refractivity contribution in [3.8, 4) is 0 Å². The van der Waals surface area contributed by atoms with Crippen molar-refractivity contribution in [2.24, 2.45) is 0 Å². The van der Waals surface area contributed by atoms with Gasteiger partial charge < -0.3 is 9.73 Å². The molecule has 0 aliphatic carbocycles. The minimum atomic E-state index is -1.71. The number of alkyl halides is 3. The van der Waals surface area contributed by atoms with E-state index in [1.165, 1.54) is 6.26 Å². The molecule has 0 fully saturated rings. The largest absolute Gasteiger partial charge is 0.467 e. The van der Waals surface area contributed by atoms with E-state index in [0.717, 1.165) is 0 Å². The number of carbonyl (C=O) groups excluding carboxylic acids is 1. The fourth-order valence-corrected chi connectivity index (χ4v) is 2.06. The van der Waals surface area contributed by atoms with Crippen molar-refractivity contribution < 1.29 is 9.21 Å². The highest BCUT2D eigenvalue weighted by Crippen LogP contribution is 2.40. The highest BCUT2D eigenvalue weighted by atomic mass is 35.6. The van der Waals surface area contributed by atoms with Gasteiger partial charge in [-0.1, -0.05) is 53.0 Å². The van der Waals surface area contributed by atoms with Crippen molar-refractivity contribution in [1.82, 2.24) is 5.32 Å². The van der Waals surface area contributed by atoms with Gasteiger partial charge in [-0.3, -0.25) is 4.79 Å². The number of nitrogens with one attached hydrogen (secondary N) is 1. The van der Waals surface area contributed by atoms with Gasteiger partial charge in [0.15, 0.2) is 0 Å². The van der Waals surface area contributed by atoms with E-state index >= 15 is 0 Å². The van der Waals surface area contributed by atoms with E-state index in [0.29, 0.717) is 11.3 Å². The molecule has 0 saturated carbocycles. The summed E-state index contributed by atoms with van der Waals surface area (Å²) in [5.74, 6) is 0.0395. The monoisotopic (exact) mass is 317 g/mol. The highest BCUT2D eigenvalue weighted by Gasteiger charge is 2.37. The predicted molar refractivity (Wildman–Crippen MR) is 75.6 cm³/mol. The molecule has 1 aromatic heterocycles. The van der Waals surface area contributed by atoms with E-state index in [1.54, 1.807) is 36.4 Å². The molecule has 0 aliphatic heterocycles. The first kappa shape index (κ1) is 14.3. The van der Waals surface area contributed by atoms with Crippen LogP contribution >= 0.6 is 34.8 Å². The Morgan fingerprint density at radius 2 is 1.79 bits per heavy atom. The van der Waals surface area contributed by atoms with Crippen molar-refractivity contribution in [1.29, 1.82) is 0 Å². The minimum Gasteiger partial charge on any atom is -0.467 e. The van der Waals surface area contributed by atoms with Gasteiger partial charge in [-0.25, -0.2) is 0 Å². The molecule has 1 aromatic carbocycles. The highest BCUT2D eigenvalue weighted by molar-refractivity contribution is 6.68. The number of benzene rings is 1. The lowest BCUT2D eigenvalue weighted by Gasteiger charge is -2.23. The van der Waals surface area contributed by atoms with Crippen molar-refractivity contribution in [3.05, 3.63) is 60.1 Å². The Kier molecular flexibility index (Phi) is 4.40. The lowest BCUT2D eigenvalue weighted by molar-refractivity contribution is 0.0932. The normalized spacial score (nSPS) is 13.0. The first-order chi connectivity index (χ1) is 8.98. The maximum absolute atomic E-state index is 12.1. The Morgan fingerprint density at radius 3 is 2.32 bits per heavy atom. The SMILES string of the molecule is O=C(NC(c1ccco1)C(Cl)(Cl)Cl)c1ccccc1. The van der Waals surface area contributed by atoms with E-state index in [2.05, 4.69) is 5.32 Å². The second-order valence-corrected chi connectivity index (χ2v) is 6.20. The van der Waals surface area contributed by atoms with Crippen LogP contribution in [0.5, 0.6) is 0 Å². The molecular formula is C13H10Cl3NO2. The summed E-state index contributed by atoms with van der Waals surface area (Å²) in [6, 6.07) is 11.1. The Labute approximate surface area is 125 Å². The third-order valence-corrected chi connectivity index (χ3v) is 3.12. The molecule has 1 unspecified atom stereocenters. The summed E-state index contributed by atoms with van der Waals surface area (Å²) < 4.78 is 3.48. The van der Waals surface area contributed by atoms with Crippen molar-refractivity contribution in [2.75, 3.05) is 0 Å². The van der Waals surface area contributed by atoms with Gasteiger partial charge >= 0.3 is 0 Å². The first-order valence-corrected chi connectivity index (χ1v) is 6.58. The number of hydrogen-bond acceptors (Lipinski definition) is 2. The molecule has 1 heterocycles. The molecule has 0 radical (unpaired) electrons. The van der Waals surface area contributed by atoms with Crippen molar-refractivity contribution >= 4 is 40.7 Å². The molecule has 1 atom stereocenters. The zero-order chi connectivity index (χ0) is 13.9. The summed E-state index contributed by atoms with van der Waals surface area (Å²) in [6.45, 7) is 0. The van der Waals surface area contributed by atoms with Crippen LogP contribution in [0.4, 0.5) is 0 Å². The van der Waals surface area contributed by atoms with Gasteiger partial charge in [-0.05, 0) is 24.3 Å². The summed E-state index contributed by atoms with van der Waals surface area (Å²) in [7, 11) is 0. The third kappa shape index (κ3) is 3.66. The Balaban J connectivity index is 2.21. The third-order valence-electron chi connectivity index (χ3n) is 2.47. The van der Waals surface area contributed by atoms with Gasteiger partial charge in [-0.15, -0.1) is 0 Å². The van der Waals surface area contributed by atoms with Crippen LogP contribution in [0.15, 0.2) is 53.1 Å². The maximum Gasteiger partial charge on any atom is 0.252 e. The molecular weight excluding hydrogens is 309 g/mol. The molecule has 0 spiro atoms. The molecule has 6 heteroatoms. The number of hydrogen-bond donors (Lipinski definition) is 1. The number of amides is 1. The average Bonchev–Trinajstić information content (AvgIpc) is 2.88. The van der Waals surface area contributed by atoms with Gasteiger partial charge in [0.2, 0.25) is 3.79 Å². The molecule has 2 rings (SSSR count). The minimum absolute atomic E-state index is 0.340. The van der Waals surface area contributed by atoms with Crippen molar-refractivity contribution in [3.63, 3.8) is 0 Å². The second kappa shape index (κ2) is 5.87. The zero-order valence-corrected chi connectivity index (χ0v) is 11.9. The lowest BCUT2D eigenvalue weighted by Crippen LogP contribution is -2.36. The molecule has 0 saturated heterocycles. The summed E-state index contributed by atoms with van der Waals surface area (Å²) in [5.41, 5.74) is 0.480. The van der Waals surface area contributed by atoms with Crippen LogP contribution in [-0.2, 0) is 0 Å². The van der Waals surface area contributed by atoms with Crippen molar-refractivity contribution in [2.45, 2.75) is 9.83 Å². The standard InChI is InChI=1S/C13H10Cl3NO2/c14-13(15,16)11(10-7-4-8-19-10)17-12(18)9-5-2-1-3-6-9/h1-8,11H,(H,17,18). The van der Waals surface area contributed by atoms with Crippen LogP contribution in [0.1, 0.15) is 22.2 Å². The average molecular weight is 319 g/mol. The van der Waals surface area contributed by atoms with E-state index in [-0.39, 0.29) is 5.91 Å². The van der Waals surface area contributed by atoms with Gasteiger partial charge in [0, 0.05) is 5.56 Å². The van der Waals surface area contributed by atoms with Crippen LogP contribution < -0.4 is 5.32 Å². The Hall–Kier alpha value is -1.16. The van der Waals surface area contributed by atoms with E-state index < -0.39 is 9.83 Å². The molecule has 1 N–H and O–H groups in total. The second-order valence-electron chi connectivity index (χ2n) is 3.83. The maximum atomic E-state index is 12.1. The van der Waals surface area contributed by atoms with Crippen LogP contribution in [-0.4, -0.2) is 9.70 Å². The predicted octanol–water partition coefficient (Wildman–Crippen LogP) is 4.12. The molecule has 19 heavy (non-hydrogen) atoms. The van der Waals surface area contributed by atoms with Crippen LogP contribution in [0.25, 0.3) is 0 Å². The van der Waals surface area contributed by atoms with E-state index in [9.17, 15) is 4.79 Å². The molecule has 0 bridgehead atoms. The zero-order valence-electron chi connectivity index (χ0n) is 9.65. The topological polar surface area (TPSA) is 42.2 Å². The molecule has 0 aliphatic rings. The molecule has 1 amide bonds. The van der Waals surface area contributed by atoms with Gasteiger partial charge in [0.1, 0.15) is 11.8 Å². The summed E-state index contributed by atoms with van der Waals surface area (Å²) in [6.07, 6.45) is 1.45. The van der Waals surface area contributed by atoms with Crippen LogP contribution in [0.2, 0.25) is 0 Å². The van der Waals surface area contributed by atoms with Gasteiger partial charge in [-0.2, -0.15) is 0 Å². The Bertz CT molecular complexity index is 535. The number of halogens is 3. The van der Waals surface area contributed by atoms with E-state index in [1.807, 2.05) is 6.07 Å². The van der Waals surface area contributed by atoms with Gasteiger partial charge in [0.05, 0.1) is 6.26 Å². The lowest BCUT2D eigenvalue weighted by atomic mass is 10.2. The quantitative estimate of drug-likeness (QED) is 0.865. The summed E-state index contributed by atoms with van der Waals surface area (Å²) >= 11 is 17.6. The fourth-order valence-electron chi connectivity index (χ4n) is 1.57. The molecule has 3 nitrogen and oxygen atoms in total. The number of furan rings is 1. The fraction of sp³-hybridized carbons (Fsp3) is 0.154. The molecule has 2 aromatic rings. The first-order valence-electron chi connectivity index (χ1n) is 5.44.